The number of halogens is 1. The van der Waals surface area contributed by atoms with Crippen LogP contribution in [0.25, 0.3) is 10.2 Å². The van der Waals surface area contributed by atoms with Gasteiger partial charge in [0.05, 0.1) is 11.2 Å². The lowest BCUT2D eigenvalue weighted by atomic mass is 10.0. The van der Waals surface area contributed by atoms with Gasteiger partial charge in [-0.1, -0.05) is 65.4 Å². The molecule has 0 bridgehead atoms. The van der Waals surface area contributed by atoms with E-state index in [9.17, 15) is 9.18 Å². The van der Waals surface area contributed by atoms with Crippen LogP contribution >= 0.6 is 11.3 Å². The first-order valence-corrected chi connectivity index (χ1v) is 9.82. The van der Waals surface area contributed by atoms with Gasteiger partial charge in [0.15, 0.2) is 5.13 Å². The summed E-state index contributed by atoms with van der Waals surface area (Å²) >= 11 is 1.33. The third-order valence-electron chi connectivity index (χ3n) is 4.64. The Morgan fingerprint density at radius 1 is 1.04 bits per heavy atom. The highest BCUT2D eigenvalue weighted by molar-refractivity contribution is 7.22. The molecule has 0 aliphatic rings. The van der Waals surface area contributed by atoms with Gasteiger partial charge in [-0.05, 0) is 43.2 Å². The number of aryl methyl sites for hydroxylation is 2. The van der Waals surface area contributed by atoms with Crippen molar-refractivity contribution in [3.8, 4) is 0 Å². The summed E-state index contributed by atoms with van der Waals surface area (Å²) in [5, 5.41) is 0.495. The van der Waals surface area contributed by atoms with E-state index in [1.165, 1.54) is 17.4 Å². The van der Waals surface area contributed by atoms with Crippen molar-refractivity contribution < 1.29 is 9.18 Å². The number of carbonyl (C=O) groups excluding carboxylic acids is 1. The van der Waals surface area contributed by atoms with E-state index in [1.54, 1.807) is 11.0 Å². The average Bonchev–Trinajstić information content (AvgIpc) is 3.14. The number of para-hydroxylation sites is 1. The molecule has 0 aliphatic heterocycles. The number of hydrogen-bond acceptors (Lipinski definition) is 3. The SMILES string of the molecule is Cc1ccc(C)c(C(=O)N(Cc2ccccc2)c2nc3c(F)cccc3s2)c1. The third-order valence-corrected chi connectivity index (χ3v) is 5.69. The molecule has 0 fully saturated rings. The second-order valence-electron chi connectivity index (χ2n) is 6.78. The summed E-state index contributed by atoms with van der Waals surface area (Å²) in [5.41, 5.74) is 3.84. The fourth-order valence-electron chi connectivity index (χ4n) is 3.12. The standard InChI is InChI=1S/C23H19FN2OS/c1-15-11-12-16(2)18(13-15)22(27)26(14-17-7-4-3-5-8-17)23-25-21-19(24)9-6-10-20(21)28-23/h3-13H,14H2,1-2H3. The second-order valence-corrected chi connectivity index (χ2v) is 7.79. The minimum atomic E-state index is -0.376. The van der Waals surface area contributed by atoms with E-state index < -0.39 is 0 Å². The highest BCUT2D eigenvalue weighted by atomic mass is 32.1. The number of anilines is 1. The molecular formula is C23H19FN2OS. The van der Waals surface area contributed by atoms with Crippen LogP contribution in [0.4, 0.5) is 9.52 Å². The number of thiazole rings is 1. The Hall–Kier alpha value is -3.05. The Bertz CT molecular complexity index is 1150. The molecule has 0 spiro atoms. The van der Waals surface area contributed by atoms with Crippen molar-refractivity contribution >= 4 is 32.6 Å². The van der Waals surface area contributed by atoms with Crippen LogP contribution in [-0.2, 0) is 6.54 Å². The first-order valence-electron chi connectivity index (χ1n) is 9.01. The maximum absolute atomic E-state index is 14.2. The maximum Gasteiger partial charge on any atom is 0.260 e. The molecule has 28 heavy (non-hydrogen) atoms. The second kappa shape index (κ2) is 7.52. The van der Waals surface area contributed by atoms with Crippen LogP contribution < -0.4 is 4.90 Å². The molecule has 0 N–H and O–H groups in total. The minimum Gasteiger partial charge on any atom is -0.279 e. The number of amides is 1. The van der Waals surface area contributed by atoms with Gasteiger partial charge in [-0.15, -0.1) is 0 Å². The number of benzene rings is 3. The van der Waals surface area contributed by atoms with Crippen LogP contribution in [0, 0.1) is 19.7 Å². The zero-order valence-corrected chi connectivity index (χ0v) is 16.5. The van der Waals surface area contributed by atoms with Gasteiger partial charge in [0.25, 0.3) is 5.91 Å². The molecule has 1 aromatic heterocycles. The van der Waals surface area contributed by atoms with Crippen LogP contribution in [0.3, 0.4) is 0 Å². The molecule has 5 heteroatoms. The van der Waals surface area contributed by atoms with Gasteiger partial charge in [-0.2, -0.15) is 0 Å². The Balaban J connectivity index is 1.82. The van der Waals surface area contributed by atoms with Crippen LogP contribution in [-0.4, -0.2) is 10.9 Å². The van der Waals surface area contributed by atoms with Gasteiger partial charge < -0.3 is 0 Å². The molecule has 0 saturated carbocycles. The molecule has 140 valence electrons. The monoisotopic (exact) mass is 390 g/mol. The number of rotatable bonds is 4. The van der Waals surface area contributed by atoms with Crippen molar-refractivity contribution in [3.63, 3.8) is 0 Å². The van der Waals surface area contributed by atoms with Crippen LogP contribution in [0.15, 0.2) is 66.7 Å². The van der Waals surface area contributed by atoms with Crippen molar-refractivity contribution in [3.05, 3.63) is 94.8 Å². The van der Waals surface area contributed by atoms with Gasteiger partial charge in [0, 0.05) is 5.56 Å². The molecule has 4 rings (SSSR count). The molecule has 3 aromatic carbocycles. The zero-order chi connectivity index (χ0) is 19.7. The molecule has 1 amide bonds. The topological polar surface area (TPSA) is 33.2 Å². The van der Waals surface area contributed by atoms with Crippen molar-refractivity contribution in [2.75, 3.05) is 4.90 Å². The summed E-state index contributed by atoms with van der Waals surface area (Å²) in [6, 6.07) is 20.5. The molecule has 0 atom stereocenters. The molecule has 0 saturated heterocycles. The van der Waals surface area contributed by atoms with Gasteiger partial charge in [0.2, 0.25) is 0 Å². The molecule has 1 heterocycles. The van der Waals surface area contributed by atoms with Crippen molar-refractivity contribution in [2.45, 2.75) is 20.4 Å². The number of aromatic nitrogens is 1. The van der Waals surface area contributed by atoms with Crippen molar-refractivity contribution in [1.29, 1.82) is 0 Å². The first-order chi connectivity index (χ1) is 13.5. The Labute approximate surface area is 167 Å². The van der Waals surface area contributed by atoms with Gasteiger partial charge in [-0.3, -0.25) is 9.69 Å². The molecule has 4 aromatic rings. The lowest BCUT2D eigenvalue weighted by molar-refractivity contribution is 0.0984. The Morgan fingerprint density at radius 2 is 1.82 bits per heavy atom. The lowest BCUT2D eigenvalue weighted by Gasteiger charge is -2.21. The fourth-order valence-corrected chi connectivity index (χ4v) is 4.10. The van der Waals surface area contributed by atoms with Crippen LogP contribution in [0.1, 0.15) is 27.0 Å². The molecular weight excluding hydrogens is 371 g/mol. The first kappa shape index (κ1) is 18.3. The largest absolute Gasteiger partial charge is 0.279 e. The molecule has 0 unspecified atom stereocenters. The highest BCUT2D eigenvalue weighted by Gasteiger charge is 2.23. The predicted molar refractivity (Wildman–Crippen MR) is 112 cm³/mol. The van der Waals surface area contributed by atoms with E-state index in [-0.39, 0.29) is 11.7 Å². The van der Waals surface area contributed by atoms with Crippen LogP contribution in [0.2, 0.25) is 0 Å². The van der Waals surface area contributed by atoms with E-state index in [1.807, 2.05) is 68.4 Å². The van der Waals surface area contributed by atoms with Gasteiger partial charge in [-0.25, -0.2) is 9.37 Å². The summed E-state index contributed by atoms with van der Waals surface area (Å²) in [7, 11) is 0. The third kappa shape index (κ3) is 3.53. The quantitative estimate of drug-likeness (QED) is 0.435. The summed E-state index contributed by atoms with van der Waals surface area (Å²) in [6.07, 6.45) is 0. The van der Waals surface area contributed by atoms with Gasteiger partial charge in [0.1, 0.15) is 11.3 Å². The minimum absolute atomic E-state index is 0.135. The smallest absolute Gasteiger partial charge is 0.260 e. The van der Waals surface area contributed by atoms with E-state index in [0.29, 0.717) is 22.8 Å². The fraction of sp³-hybridized carbons (Fsp3) is 0.130. The zero-order valence-electron chi connectivity index (χ0n) is 15.6. The molecule has 3 nitrogen and oxygen atoms in total. The highest BCUT2D eigenvalue weighted by Crippen LogP contribution is 2.32. The Morgan fingerprint density at radius 3 is 2.57 bits per heavy atom. The molecule has 0 radical (unpaired) electrons. The average molecular weight is 390 g/mol. The predicted octanol–water partition coefficient (Wildman–Crippen LogP) is 5.90. The summed E-state index contributed by atoms with van der Waals surface area (Å²) in [6.45, 7) is 4.25. The molecule has 0 aliphatic carbocycles. The maximum atomic E-state index is 14.2. The van der Waals surface area contributed by atoms with Crippen LogP contribution in [0.5, 0.6) is 0 Å². The van der Waals surface area contributed by atoms with Crippen molar-refractivity contribution in [1.82, 2.24) is 4.98 Å². The Kier molecular flexibility index (Phi) is 4.92. The summed E-state index contributed by atoms with van der Waals surface area (Å²) < 4.78 is 14.9. The summed E-state index contributed by atoms with van der Waals surface area (Å²) in [4.78, 5) is 19.6. The van der Waals surface area contributed by atoms with Gasteiger partial charge >= 0.3 is 0 Å². The number of carbonyl (C=O) groups is 1. The van der Waals surface area contributed by atoms with E-state index in [4.69, 9.17) is 0 Å². The number of fused-ring (bicyclic) bond motifs is 1. The van der Waals surface area contributed by atoms with Crippen molar-refractivity contribution in [2.24, 2.45) is 0 Å². The van der Waals surface area contributed by atoms with E-state index >= 15 is 0 Å². The lowest BCUT2D eigenvalue weighted by Crippen LogP contribution is -2.31. The van der Waals surface area contributed by atoms with E-state index in [2.05, 4.69) is 4.98 Å². The van der Waals surface area contributed by atoms with E-state index in [0.717, 1.165) is 21.4 Å². The summed E-state index contributed by atoms with van der Waals surface area (Å²) in [5.74, 6) is -0.511. The number of nitrogens with zero attached hydrogens (tertiary/aromatic N) is 2. The normalized spacial score (nSPS) is 11.0. The number of hydrogen-bond donors (Lipinski definition) is 0.